The zero-order valence-corrected chi connectivity index (χ0v) is 23.1. The zero-order valence-electron chi connectivity index (χ0n) is 22.4. The van der Waals surface area contributed by atoms with Gasteiger partial charge >= 0.3 is 0 Å². The average Bonchev–Trinajstić information content (AvgIpc) is 3.43. The molecule has 1 saturated heterocycles. The molecule has 0 bridgehead atoms. The van der Waals surface area contributed by atoms with E-state index in [-0.39, 0.29) is 22.6 Å². The van der Waals surface area contributed by atoms with Crippen molar-refractivity contribution in [3.8, 4) is 0 Å². The summed E-state index contributed by atoms with van der Waals surface area (Å²) in [5.74, 6) is -2.11. The molecule has 3 aliphatic rings. The number of nitro groups is 1. The topological polar surface area (TPSA) is 97.6 Å². The van der Waals surface area contributed by atoms with Gasteiger partial charge in [-0.1, -0.05) is 90.0 Å². The van der Waals surface area contributed by atoms with Gasteiger partial charge in [0.05, 0.1) is 11.0 Å². The molecule has 7 nitrogen and oxygen atoms in total. The first kappa shape index (κ1) is 26.0. The van der Waals surface area contributed by atoms with Gasteiger partial charge in [-0.3, -0.25) is 24.5 Å². The highest BCUT2D eigenvalue weighted by Gasteiger charge is 2.71. The molecule has 3 atom stereocenters. The lowest BCUT2D eigenvalue weighted by Gasteiger charge is -2.37. The van der Waals surface area contributed by atoms with Crippen molar-refractivity contribution in [2.45, 2.75) is 24.9 Å². The molecule has 42 heavy (non-hydrogen) atoms. The van der Waals surface area contributed by atoms with Gasteiger partial charge in [0, 0.05) is 45.5 Å². The number of hydrogen-bond donors (Lipinski definition) is 0. The van der Waals surface area contributed by atoms with Crippen molar-refractivity contribution >= 4 is 46.4 Å². The van der Waals surface area contributed by atoms with Crippen LogP contribution in [-0.4, -0.2) is 34.4 Å². The Morgan fingerprint density at radius 1 is 0.905 bits per heavy atom. The largest absolute Gasteiger partial charge is 0.352 e. The molecular formula is C34H23ClN2O5. The lowest BCUT2D eigenvalue weighted by atomic mass is 9.64. The number of benzene rings is 4. The first-order valence-electron chi connectivity index (χ1n) is 13.5. The molecule has 4 aromatic carbocycles. The Labute approximate surface area is 246 Å². The first-order chi connectivity index (χ1) is 20.2. The van der Waals surface area contributed by atoms with Crippen molar-refractivity contribution in [3.63, 3.8) is 0 Å². The van der Waals surface area contributed by atoms with Crippen LogP contribution in [0.5, 0.6) is 0 Å². The predicted octanol–water partition coefficient (Wildman–Crippen LogP) is 6.87. The van der Waals surface area contributed by atoms with Crippen LogP contribution in [0.4, 0.5) is 11.4 Å². The van der Waals surface area contributed by atoms with Gasteiger partial charge in [0.2, 0.25) is 0 Å². The lowest BCUT2D eigenvalue weighted by molar-refractivity contribution is -0.384. The molecule has 206 valence electrons. The van der Waals surface area contributed by atoms with Gasteiger partial charge in [0.1, 0.15) is 11.5 Å². The van der Waals surface area contributed by atoms with Crippen molar-refractivity contribution in [2.24, 2.45) is 5.41 Å². The third-order valence-corrected chi connectivity index (χ3v) is 9.05. The summed E-state index contributed by atoms with van der Waals surface area (Å²) in [4.78, 5) is 57.2. The number of nitro benzene ring substituents is 1. The van der Waals surface area contributed by atoms with Crippen LogP contribution in [0.15, 0.2) is 97.1 Å². The van der Waals surface area contributed by atoms with Crippen molar-refractivity contribution in [1.82, 2.24) is 0 Å². The lowest BCUT2D eigenvalue weighted by Crippen LogP contribution is -2.48. The van der Waals surface area contributed by atoms with Gasteiger partial charge in [0.25, 0.3) is 5.69 Å². The van der Waals surface area contributed by atoms with Crippen LogP contribution in [0, 0.1) is 22.5 Å². The Kier molecular flexibility index (Phi) is 5.78. The molecular weight excluding hydrogens is 552 g/mol. The van der Waals surface area contributed by atoms with Gasteiger partial charge < -0.3 is 4.90 Å². The van der Waals surface area contributed by atoms with E-state index < -0.39 is 39.9 Å². The predicted molar refractivity (Wildman–Crippen MR) is 159 cm³/mol. The highest BCUT2D eigenvalue weighted by Crippen LogP contribution is 2.61. The van der Waals surface area contributed by atoms with E-state index in [2.05, 4.69) is 0 Å². The minimum absolute atomic E-state index is 0.188. The molecule has 0 N–H and O–H groups in total. The summed E-state index contributed by atoms with van der Waals surface area (Å²) in [6.07, 6.45) is 3.63. The molecule has 1 spiro atoms. The Balaban J connectivity index is 1.56. The quantitative estimate of drug-likeness (QED) is 0.114. The SMILES string of the molecule is Cc1ccc(C(=O)[C@@H]2[C@H](c3cccc([N+](=O)[O-])c3)C3(C(=O)c4ccccc4C3=O)[C@H]3C=Cc4cc(Cl)ccc4N23)cc1. The maximum absolute atomic E-state index is 14.7. The maximum atomic E-state index is 14.7. The Bertz CT molecular complexity index is 1840. The number of non-ortho nitro benzene ring substituents is 1. The molecule has 8 heteroatoms. The van der Waals surface area contributed by atoms with E-state index in [1.807, 2.05) is 30.0 Å². The van der Waals surface area contributed by atoms with E-state index >= 15 is 0 Å². The van der Waals surface area contributed by atoms with E-state index in [0.29, 0.717) is 21.8 Å². The van der Waals surface area contributed by atoms with Crippen molar-refractivity contribution in [1.29, 1.82) is 0 Å². The number of hydrogen-bond acceptors (Lipinski definition) is 6. The third kappa shape index (κ3) is 3.50. The zero-order chi connectivity index (χ0) is 29.3. The molecule has 1 fully saturated rings. The summed E-state index contributed by atoms with van der Waals surface area (Å²) in [7, 11) is 0. The number of Topliss-reactive ketones (excluding diaryl/α,β-unsaturated/α-hetero) is 3. The second-order valence-electron chi connectivity index (χ2n) is 11.0. The summed E-state index contributed by atoms with van der Waals surface area (Å²) in [5, 5.41) is 12.4. The number of nitrogens with zero attached hydrogens (tertiary/aromatic N) is 2. The second-order valence-corrected chi connectivity index (χ2v) is 11.4. The van der Waals surface area contributed by atoms with Crippen LogP contribution < -0.4 is 4.90 Å². The number of carbonyl (C=O) groups excluding carboxylic acids is 3. The molecule has 0 unspecified atom stereocenters. The van der Waals surface area contributed by atoms with Crippen LogP contribution in [0.3, 0.4) is 0 Å². The maximum Gasteiger partial charge on any atom is 0.269 e. The Morgan fingerprint density at radius 2 is 1.60 bits per heavy atom. The number of carbonyl (C=O) groups is 3. The van der Waals surface area contributed by atoms with E-state index in [1.165, 1.54) is 18.2 Å². The number of aryl methyl sites for hydroxylation is 1. The van der Waals surface area contributed by atoms with Gasteiger partial charge in [-0.2, -0.15) is 0 Å². The summed E-state index contributed by atoms with van der Waals surface area (Å²) in [6, 6.07) is 23.2. The van der Waals surface area contributed by atoms with E-state index in [1.54, 1.807) is 66.7 Å². The molecule has 0 radical (unpaired) electrons. The highest BCUT2D eigenvalue weighted by molar-refractivity contribution is 6.32. The Hall–Kier alpha value is -4.88. The van der Waals surface area contributed by atoms with Crippen molar-refractivity contribution in [2.75, 3.05) is 4.90 Å². The average molecular weight is 575 g/mol. The molecule has 4 aromatic rings. The Morgan fingerprint density at radius 3 is 2.26 bits per heavy atom. The van der Waals surface area contributed by atoms with Crippen LogP contribution in [0.1, 0.15) is 53.7 Å². The molecule has 7 rings (SSSR count). The molecule has 0 amide bonds. The van der Waals surface area contributed by atoms with Crippen LogP contribution in [-0.2, 0) is 0 Å². The fraction of sp³-hybridized carbons (Fsp3) is 0.147. The van der Waals surface area contributed by atoms with Crippen LogP contribution in [0.25, 0.3) is 6.08 Å². The van der Waals surface area contributed by atoms with Crippen molar-refractivity contribution < 1.29 is 19.3 Å². The van der Waals surface area contributed by atoms with Gasteiger partial charge in [-0.25, -0.2) is 0 Å². The first-order valence-corrected chi connectivity index (χ1v) is 13.9. The second kappa shape index (κ2) is 9.33. The molecule has 2 aliphatic heterocycles. The number of ketones is 3. The number of rotatable bonds is 4. The monoisotopic (exact) mass is 574 g/mol. The number of anilines is 1. The molecule has 1 aliphatic carbocycles. The van der Waals surface area contributed by atoms with E-state index in [4.69, 9.17) is 11.6 Å². The minimum atomic E-state index is -1.74. The normalized spacial score (nSPS) is 21.3. The summed E-state index contributed by atoms with van der Waals surface area (Å²) < 4.78 is 0. The fourth-order valence-electron chi connectivity index (χ4n) is 7.04. The van der Waals surface area contributed by atoms with Crippen LogP contribution >= 0.6 is 11.6 Å². The molecule has 2 heterocycles. The summed E-state index contributed by atoms with van der Waals surface area (Å²) in [5.41, 5.74) is 1.81. The number of halogens is 1. The van der Waals surface area contributed by atoms with Gasteiger partial charge in [-0.05, 0) is 36.2 Å². The van der Waals surface area contributed by atoms with Gasteiger partial charge in [-0.15, -0.1) is 0 Å². The minimum Gasteiger partial charge on any atom is -0.352 e. The number of fused-ring (bicyclic) bond motifs is 5. The van der Waals surface area contributed by atoms with E-state index in [0.717, 1.165) is 11.1 Å². The van der Waals surface area contributed by atoms with Gasteiger partial charge in [0.15, 0.2) is 17.3 Å². The molecule has 0 aromatic heterocycles. The smallest absolute Gasteiger partial charge is 0.269 e. The summed E-state index contributed by atoms with van der Waals surface area (Å²) >= 11 is 6.34. The van der Waals surface area contributed by atoms with Crippen LogP contribution in [0.2, 0.25) is 5.02 Å². The fourth-order valence-corrected chi connectivity index (χ4v) is 7.22. The molecule has 0 saturated carbocycles. The van der Waals surface area contributed by atoms with Crippen molar-refractivity contribution in [3.05, 3.63) is 146 Å². The van der Waals surface area contributed by atoms with E-state index in [9.17, 15) is 24.5 Å². The third-order valence-electron chi connectivity index (χ3n) is 8.81. The summed E-state index contributed by atoms with van der Waals surface area (Å²) in [6.45, 7) is 1.92. The standard InChI is InChI=1S/C34H23ClN2O5/c1-19-9-11-20(12-10-19)31(38)30-29(22-5-4-6-24(18-22)37(41)42)34(32(39)25-7-2-3-8-26(25)33(34)40)28-16-13-21-17-23(35)14-15-27(21)36(28)30/h2-18,28-30H,1H3/t28-,29+,30+/m1/s1. The highest BCUT2D eigenvalue weighted by atomic mass is 35.5.